The highest BCUT2D eigenvalue weighted by molar-refractivity contribution is 7.33. The van der Waals surface area contributed by atoms with Crippen LogP contribution in [0.15, 0.2) is 25.3 Å². The second-order valence-corrected chi connectivity index (χ2v) is 10.1. The van der Waals surface area contributed by atoms with Crippen LogP contribution in [0.3, 0.4) is 0 Å². The van der Waals surface area contributed by atoms with E-state index in [-0.39, 0.29) is 49.0 Å². The molecule has 7 atom stereocenters. The number of aliphatic hydroxyl groups excluding tert-OH is 2. The molecule has 0 bridgehead atoms. The summed E-state index contributed by atoms with van der Waals surface area (Å²) in [5, 5.41) is 21.2. The maximum atomic E-state index is 12.6. The summed E-state index contributed by atoms with van der Waals surface area (Å²) in [7, 11) is -5.84. The predicted molar refractivity (Wildman–Crippen MR) is 135 cm³/mol. The first kappa shape index (κ1) is 29.1. The van der Waals surface area contributed by atoms with Gasteiger partial charge in [0, 0.05) is 15.6 Å². The van der Waals surface area contributed by atoms with Crippen LogP contribution in [0.5, 0.6) is 0 Å². The molecule has 22 heteroatoms. The van der Waals surface area contributed by atoms with Crippen molar-refractivity contribution in [2.75, 3.05) is 31.3 Å². The van der Waals surface area contributed by atoms with Gasteiger partial charge in [0.1, 0.15) is 49.2 Å². The van der Waals surface area contributed by atoms with E-state index in [0.29, 0.717) is 11.2 Å². The first-order valence-corrected chi connectivity index (χ1v) is 14.0. The zero-order valence-corrected chi connectivity index (χ0v) is 22.6. The van der Waals surface area contributed by atoms with Gasteiger partial charge >= 0.3 is 16.5 Å². The Labute approximate surface area is 231 Å². The minimum atomic E-state index is -2.97. The van der Waals surface area contributed by atoms with Crippen molar-refractivity contribution >= 4 is 50.5 Å². The highest BCUT2D eigenvalue weighted by atomic mass is 31.1. The average molecular weight is 614 g/mol. The number of ether oxygens (including phenoxy) is 2. The summed E-state index contributed by atoms with van der Waals surface area (Å²) in [5.41, 5.74) is 12.8. The molecule has 1 fully saturated rings. The van der Waals surface area contributed by atoms with Crippen molar-refractivity contribution in [2.45, 2.75) is 37.4 Å². The molecule has 4 aromatic rings. The van der Waals surface area contributed by atoms with Gasteiger partial charge < -0.3 is 31.2 Å². The standard InChI is InChI=1S/C19H23N10O10P2/c20-14-12-16(24-5-22-14)28(7-26-12)11-3-9(30)10(38-11)4-37-41(34)39-19(31)18(35-1-2-36-40(32)33)29-8-27-13-15(21)23-6-25-17(13)29/h5-11,18-19,30-31H,1-4H2,(H4-,20,21,22,23,24,25,32,33)/q+1/p+1/t9-,10+,11+,18?,19+/m0/s1. The molecule has 0 aliphatic carbocycles. The second kappa shape index (κ2) is 12.6. The molecule has 4 aromatic heterocycles. The maximum absolute atomic E-state index is 12.6. The van der Waals surface area contributed by atoms with E-state index in [9.17, 15) is 19.3 Å². The Hall–Kier alpha value is -3.42. The van der Waals surface area contributed by atoms with E-state index in [1.165, 1.54) is 23.5 Å². The monoisotopic (exact) mass is 614 g/mol. The zero-order valence-electron chi connectivity index (χ0n) is 20.9. The number of aliphatic hydroxyl groups is 2. The molecule has 3 unspecified atom stereocenters. The Morgan fingerprint density at radius 3 is 2.41 bits per heavy atom. The molecule has 41 heavy (non-hydrogen) atoms. The Kier molecular flexibility index (Phi) is 8.95. The summed E-state index contributed by atoms with van der Waals surface area (Å²) < 4.78 is 52.5. The molecule has 5 heterocycles. The number of imidazole rings is 2. The lowest BCUT2D eigenvalue weighted by molar-refractivity contribution is -0.166. The number of nitrogen functional groups attached to an aromatic ring is 2. The second-order valence-electron chi connectivity index (χ2n) is 8.45. The van der Waals surface area contributed by atoms with Crippen molar-refractivity contribution in [3.63, 3.8) is 0 Å². The van der Waals surface area contributed by atoms with Gasteiger partial charge in [0.05, 0.1) is 25.4 Å². The van der Waals surface area contributed by atoms with Gasteiger partial charge in [-0.25, -0.2) is 29.9 Å². The van der Waals surface area contributed by atoms with E-state index in [1.54, 1.807) is 4.57 Å². The van der Waals surface area contributed by atoms with E-state index in [1.807, 2.05) is 0 Å². The lowest BCUT2D eigenvalue weighted by atomic mass is 10.2. The normalized spacial score (nSPS) is 21.4. The van der Waals surface area contributed by atoms with Gasteiger partial charge in [-0.1, -0.05) is 4.52 Å². The van der Waals surface area contributed by atoms with Gasteiger partial charge in [-0.05, 0) is 0 Å². The van der Waals surface area contributed by atoms with E-state index < -0.39 is 47.5 Å². The van der Waals surface area contributed by atoms with E-state index in [0.717, 1.165) is 6.33 Å². The van der Waals surface area contributed by atoms with E-state index >= 15 is 0 Å². The SMILES string of the molecule is Nc1ncnc2c1ncn2C(OCCO[P+](=O)O)[C@H](O)O[P+](=O)OC[C@H]1O[C@@H](n2cnc3c(N)ncnc32)C[C@@H]1O. The Bertz CT molecular complexity index is 1560. The number of fused-ring (bicyclic) bond motifs is 2. The largest absolute Gasteiger partial charge is 0.700 e. The van der Waals surface area contributed by atoms with Crippen molar-refractivity contribution in [1.29, 1.82) is 0 Å². The van der Waals surface area contributed by atoms with Crippen LogP contribution in [0.2, 0.25) is 0 Å². The summed E-state index contributed by atoms with van der Waals surface area (Å²) >= 11 is 0. The van der Waals surface area contributed by atoms with Crippen LogP contribution in [0.4, 0.5) is 11.6 Å². The number of hydrogen-bond donors (Lipinski definition) is 5. The first-order chi connectivity index (χ1) is 19.7. The average Bonchev–Trinajstić information content (AvgIpc) is 3.65. The van der Waals surface area contributed by atoms with Crippen LogP contribution in [-0.2, 0) is 32.2 Å². The van der Waals surface area contributed by atoms with E-state index in [2.05, 4.69) is 34.4 Å². The molecule has 0 saturated carbocycles. The first-order valence-electron chi connectivity index (χ1n) is 11.8. The van der Waals surface area contributed by atoms with Crippen molar-refractivity contribution in [3.8, 4) is 0 Å². The molecule has 0 aromatic carbocycles. The third-order valence-electron chi connectivity index (χ3n) is 5.92. The fourth-order valence-corrected chi connectivity index (χ4v) is 4.90. The van der Waals surface area contributed by atoms with Crippen LogP contribution in [0, 0.1) is 0 Å². The number of hydrogen-bond acceptors (Lipinski definition) is 17. The third kappa shape index (κ3) is 6.41. The number of anilines is 2. The predicted octanol–water partition coefficient (Wildman–Crippen LogP) is -0.331. The Balaban J connectivity index is 1.21. The van der Waals surface area contributed by atoms with Gasteiger partial charge in [0.25, 0.3) is 6.29 Å². The van der Waals surface area contributed by atoms with Gasteiger partial charge in [-0.15, -0.1) is 13.9 Å². The van der Waals surface area contributed by atoms with Crippen molar-refractivity contribution in [1.82, 2.24) is 39.0 Å². The molecule has 5 rings (SSSR count). The molecule has 0 amide bonds. The molecule has 0 radical (unpaired) electrons. The topological polar surface area (TPSA) is 280 Å². The molecular weight excluding hydrogens is 590 g/mol. The van der Waals surface area contributed by atoms with Crippen molar-refractivity contribution < 1.29 is 47.3 Å². The van der Waals surface area contributed by atoms with Gasteiger partial charge in [-0.2, -0.15) is 0 Å². The van der Waals surface area contributed by atoms with Gasteiger partial charge in [-0.3, -0.25) is 9.13 Å². The fraction of sp³-hybridized carbons (Fsp3) is 0.474. The molecule has 218 valence electrons. The van der Waals surface area contributed by atoms with Crippen LogP contribution >= 0.6 is 16.5 Å². The minimum absolute atomic E-state index is 0.0611. The van der Waals surface area contributed by atoms with Crippen LogP contribution < -0.4 is 11.5 Å². The number of aromatic nitrogens is 8. The van der Waals surface area contributed by atoms with Crippen LogP contribution in [0.1, 0.15) is 18.9 Å². The molecule has 1 aliphatic rings. The maximum Gasteiger partial charge on any atom is 0.700 e. The lowest BCUT2D eigenvalue weighted by Crippen LogP contribution is -2.29. The summed E-state index contributed by atoms with van der Waals surface area (Å²) in [4.78, 5) is 33.0. The Morgan fingerprint density at radius 1 is 1.00 bits per heavy atom. The molecule has 0 spiro atoms. The highest BCUT2D eigenvalue weighted by Crippen LogP contribution is 2.35. The van der Waals surface area contributed by atoms with Crippen LogP contribution in [-0.4, -0.2) is 92.5 Å². The van der Waals surface area contributed by atoms with Gasteiger partial charge in [0.2, 0.25) is 0 Å². The summed E-state index contributed by atoms with van der Waals surface area (Å²) in [6.45, 7) is -0.957. The molecule has 1 saturated heterocycles. The third-order valence-corrected chi connectivity index (χ3v) is 7.07. The van der Waals surface area contributed by atoms with Crippen molar-refractivity contribution in [3.05, 3.63) is 25.3 Å². The number of rotatable bonds is 13. The highest BCUT2D eigenvalue weighted by Gasteiger charge is 2.40. The summed E-state index contributed by atoms with van der Waals surface area (Å²) in [6.07, 6.45) is -0.619. The molecule has 20 nitrogen and oxygen atoms in total. The fourth-order valence-electron chi connectivity index (χ4n) is 4.06. The molecule has 1 aliphatic heterocycles. The molecule has 7 N–H and O–H groups in total. The van der Waals surface area contributed by atoms with Crippen LogP contribution in [0.25, 0.3) is 22.3 Å². The zero-order chi connectivity index (χ0) is 29.1. The lowest BCUT2D eigenvalue weighted by Gasteiger charge is -2.20. The minimum Gasteiger partial charge on any atom is -0.390 e. The number of nitrogens with zero attached hydrogens (tertiary/aromatic N) is 8. The Morgan fingerprint density at radius 2 is 1.68 bits per heavy atom. The number of nitrogens with two attached hydrogens (primary N) is 2. The summed E-state index contributed by atoms with van der Waals surface area (Å²) in [6, 6.07) is 0. The molecular formula is C19H24N10O10P2+2. The smallest absolute Gasteiger partial charge is 0.390 e. The summed E-state index contributed by atoms with van der Waals surface area (Å²) in [5.74, 6) is 0.254. The quantitative estimate of drug-likeness (QED) is 0.0732. The van der Waals surface area contributed by atoms with E-state index in [4.69, 9.17) is 34.9 Å². The van der Waals surface area contributed by atoms with Gasteiger partial charge in [0.15, 0.2) is 29.2 Å². The van der Waals surface area contributed by atoms with Crippen molar-refractivity contribution in [2.24, 2.45) is 0 Å².